The number of carbonyl (C=O) groups excluding carboxylic acids is 2. The number of benzene rings is 1. The van der Waals surface area contributed by atoms with Gasteiger partial charge in [-0.05, 0) is 12.0 Å². The first-order chi connectivity index (χ1) is 11.2. The van der Waals surface area contributed by atoms with Gasteiger partial charge < -0.3 is 14.4 Å². The Morgan fingerprint density at radius 2 is 1.91 bits per heavy atom. The maximum Gasteiger partial charge on any atom is 0.322 e. The number of hydrogen-bond donors (Lipinski definition) is 1. The molecule has 1 aromatic rings. The van der Waals surface area contributed by atoms with E-state index in [2.05, 4.69) is 5.32 Å². The van der Waals surface area contributed by atoms with Gasteiger partial charge in [0, 0.05) is 19.1 Å². The summed E-state index contributed by atoms with van der Waals surface area (Å²) in [4.78, 5) is 26.7. The fourth-order valence-electron chi connectivity index (χ4n) is 3.35. The molecule has 0 unspecified atom stereocenters. The number of methoxy groups -OCH3 is 1. The molecule has 2 saturated heterocycles. The second-order valence-electron chi connectivity index (χ2n) is 5.91. The first-order valence-electron chi connectivity index (χ1n) is 7.96. The second-order valence-corrected chi connectivity index (χ2v) is 5.91. The van der Waals surface area contributed by atoms with Gasteiger partial charge in [0.05, 0.1) is 26.2 Å². The van der Waals surface area contributed by atoms with Crippen molar-refractivity contribution in [3.05, 3.63) is 35.9 Å². The number of nitrogens with one attached hydrogen (secondary N) is 1. The number of morpholine rings is 1. The van der Waals surface area contributed by atoms with E-state index in [0.717, 1.165) is 5.56 Å². The van der Waals surface area contributed by atoms with E-state index >= 15 is 0 Å². The van der Waals surface area contributed by atoms with Crippen LogP contribution in [-0.2, 0) is 19.1 Å². The van der Waals surface area contributed by atoms with E-state index < -0.39 is 6.04 Å². The van der Waals surface area contributed by atoms with Crippen LogP contribution in [0.4, 0.5) is 0 Å². The van der Waals surface area contributed by atoms with Gasteiger partial charge in [0.25, 0.3) is 0 Å². The zero-order chi connectivity index (χ0) is 16.2. The van der Waals surface area contributed by atoms with Gasteiger partial charge in [-0.15, -0.1) is 0 Å². The van der Waals surface area contributed by atoms with E-state index in [1.807, 2.05) is 35.2 Å². The van der Waals surface area contributed by atoms with Crippen LogP contribution in [0, 0.1) is 5.92 Å². The third-order valence-corrected chi connectivity index (χ3v) is 4.56. The number of rotatable bonds is 3. The molecule has 1 amide bonds. The molecule has 0 aliphatic carbocycles. The lowest BCUT2D eigenvalue weighted by Crippen LogP contribution is -2.44. The fraction of sp³-hybridized carbons (Fsp3) is 0.529. The van der Waals surface area contributed by atoms with Gasteiger partial charge in [-0.25, -0.2) is 0 Å². The fourth-order valence-corrected chi connectivity index (χ4v) is 3.35. The van der Waals surface area contributed by atoms with Crippen molar-refractivity contribution in [2.75, 3.05) is 33.4 Å². The summed E-state index contributed by atoms with van der Waals surface area (Å²) < 4.78 is 10.2. The van der Waals surface area contributed by atoms with E-state index in [1.165, 1.54) is 7.11 Å². The normalized spacial score (nSPS) is 27.7. The van der Waals surface area contributed by atoms with Crippen molar-refractivity contribution in [3.63, 3.8) is 0 Å². The minimum Gasteiger partial charge on any atom is -0.468 e. The van der Waals surface area contributed by atoms with E-state index in [1.54, 1.807) is 0 Å². The summed E-state index contributed by atoms with van der Waals surface area (Å²) in [6.45, 7) is 2.37. The Bertz CT molecular complexity index is 557. The maximum atomic E-state index is 12.9. The summed E-state index contributed by atoms with van der Waals surface area (Å²) in [6.07, 6.45) is 0.461. The van der Waals surface area contributed by atoms with Gasteiger partial charge >= 0.3 is 5.97 Å². The number of ether oxygens (including phenoxy) is 2. The smallest absolute Gasteiger partial charge is 0.322 e. The van der Waals surface area contributed by atoms with E-state index in [0.29, 0.717) is 32.7 Å². The molecule has 0 aromatic heterocycles. The summed E-state index contributed by atoms with van der Waals surface area (Å²) in [6, 6.07) is 9.18. The molecule has 0 bridgehead atoms. The van der Waals surface area contributed by atoms with E-state index in [9.17, 15) is 9.59 Å². The lowest BCUT2D eigenvalue weighted by atomic mass is 9.92. The van der Waals surface area contributed by atoms with Crippen LogP contribution in [0.25, 0.3) is 0 Å². The Kier molecular flexibility index (Phi) is 4.93. The summed E-state index contributed by atoms with van der Waals surface area (Å²) in [5.41, 5.74) is 1.02. The Morgan fingerprint density at radius 3 is 2.57 bits per heavy atom. The lowest BCUT2D eigenvalue weighted by molar-refractivity contribution is -0.143. The highest BCUT2D eigenvalue weighted by atomic mass is 16.5. The van der Waals surface area contributed by atoms with Crippen molar-refractivity contribution in [2.45, 2.75) is 18.5 Å². The van der Waals surface area contributed by atoms with Gasteiger partial charge in [-0.2, -0.15) is 0 Å². The standard InChI is InChI=1S/C17H22N2O4/c1-22-17(21)14-11-13(16(20)19-7-9-23-10-8-19)15(18-14)12-5-3-2-4-6-12/h2-6,13-15,18H,7-11H2,1H3/t13-,14+,15+/m0/s1. The maximum absolute atomic E-state index is 12.9. The number of hydrogen-bond acceptors (Lipinski definition) is 5. The number of nitrogens with zero attached hydrogens (tertiary/aromatic N) is 1. The highest BCUT2D eigenvalue weighted by molar-refractivity contribution is 5.83. The number of carbonyl (C=O) groups is 2. The molecular weight excluding hydrogens is 296 g/mol. The molecule has 3 rings (SSSR count). The van der Waals surface area contributed by atoms with Crippen molar-refractivity contribution in [2.24, 2.45) is 5.92 Å². The summed E-state index contributed by atoms with van der Waals surface area (Å²) in [5.74, 6) is -0.496. The zero-order valence-corrected chi connectivity index (χ0v) is 13.2. The molecule has 23 heavy (non-hydrogen) atoms. The van der Waals surface area contributed by atoms with Crippen LogP contribution in [0.1, 0.15) is 18.0 Å². The largest absolute Gasteiger partial charge is 0.468 e. The Hall–Kier alpha value is -1.92. The SMILES string of the molecule is COC(=O)[C@H]1C[C@H](C(=O)N2CCOCC2)[C@@H](c2ccccc2)N1. The zero-order valence-electron chi connectivity index (χ0n) is 13.2. The average Bonchev–Trinajstić information content (AvgIpc) is 3.07. The third-order valence-electron chi connectivity index (χ3n) is 4.56. The molecule has 3 atom stereocenters. The number of esters is 1. The van der Waals surface area contributed by atoms with Crippen LogP contribution >= 0.6 is 0 Å². The van der Waals surface area contributed by atoms with Crippen molar-refractivity contribution in [1.29, 1.82) is 0 Å². The molecule has 6 nitrogen and oxygen atoms in total. The number of amides is 1. The molecule has 0 spiro atoms. The molecule has 1 N–H and O–H groups in total. The third kappa shape index (κ3) is 3.38. The van der Waals surface area contributed by atoms with E-state index in [4.69, 9.17) is 9.47 Å². The molecule has 124 valence electrons. The van der Waals surface area contributed by atoms with Crippen LogP contribution in [0.5, 0.6) is 0 Å². The minimum atomic E-state index is -0.444. The molecule has 6 heteroatoms. The average molecular weight is 318 g/mol. The van der Waals surface area contributed by atoms with Crippen molar-refractivity contribution < 1.29 is 19.1 Å². The van der Waals surface area contributed by atoms with Crippen LogP contribution < -0.4 is 5.32 Å². The van der Waals surface area contributed by atoms with Crippen molar-refractivity contribution >= 4 is 11.9 Å². The molecule has 1 aromatic carbocycles. The summed E-state index contributed by atoms with van der Waals surface area (Å²) in [7, 11) is 1.37. The molecule has 2 heterocycles. The highest BCUT2D eigenvalue weighted by Gasteiger charge is 2.43. The molecule has 2 aliphatic rings. The van der Waals surface area contributed by atoms with Gasteiger partial charge in [-0.3, -0.25) is 14.9 Å². The predicted octanol–water partition coefficient (Wildman–Crippen LogP) is 0.738. The Labute approximate surface area is 135 Å². The Balaban J connectivity index is 1.81. The predicted molar refractivity (Wildman–Crippen MR) is 83.6 cm³/mol. The van der Waals surface area contributed by atoms with E-state index in [-0.39, 0.29) is 23.8 Å². The van der Waals surface area contributed by atoms with Crippen molar-refractivity contribution in [3.8, 4) is 0 Å². The topological polar surface area (TPSA) is 67.9 Å². The van der Waals surface area contributed by atoms with Crippen LogP contribution in [-0.4, -0.2) is 56.2 Å². The summed E-state index contributed by atoms with van der Waals surface area (Å²) in [5, 5.41) is 3.27. The van der Waals surface area contributed by atoms with Gasteiger partial charge in [0.15, 0.2) is 0 Å². The lowest BCUT2D eigenvalue weighted by Gasteiger charge is -2.31. The minimum absolute atomic E-state index is 0.0843. The molecule has 2 aliphatic heterocycles. The van der Waals surface area contributed by atoms with Gasteiger partial charge in [-0.1, -0.05) is 30.3 Å². The Morgan fingerprint density at radius 1 is 1.22 bits per heavy atom. The monoisotopic (exact) mass is 318 g/mol. The molecule has 0 radical (unpaired) electrons. The van der Waals surface area contributed by atoms with Gasteiger partial charge in [0.1, 0.15) is 6.04 Å². The first kappa shape index (κ1) is 16.0. The van der Waals surface area contributed by atoms with Crippen LogP contribution in [0.2, 0.25) is 0 Å². The molecular formula is C17H22N2O4. The second kappa shape index (κ2) is 7.10. The first-order valence-corrected chi connectivity index (χ1v) is 7.96. The molecule has 2 fully saturated rings. The van der Waals surface area contributed by atoms with Gasteiger partial charge in [0.2, 0.25) is 5.91 Å². The highest BCUT2D eigenvalue weighted by Crippen LogP contribution is 2.34. The molecule has 0 saturated carbocycles. The van der Waals surface area contributed by atoms with Crippen LogP contribution in [0.15, 0.2) is 30.3 Å². The quantitative estimate of drug-likeness (QED) is 0.833. The summed E-state index contributed by atoms with van der Waals surface area (Å²) >= 11 is 0. The van der Waals surface area contributed by atoms with Crippen LogP contribution in [0.3, 0.4) is 0 Å². The van der Waals surface area contributed by atoms with Crippen molar-refractivity contribution in [1.82, 2.24) is 10.2 Å².